The van der Waals surface area contributed by atoms with Crippen molar-refractivity contribution < 1.29 is 22.7 Å². The van der Waals surface area contributed by atoms with E-state index in [9.17, 15) is 18.0 Å². The number of thiophene rings is 1. The predicted molar refractivity (Wildman–Crippen MR) is 95.0 cm³/mol. The lowest BCUT2D eigenvalue weighted by Gasteiger charge is -2.21. The van der Waals surface area contributed by atoms with Crippen LogP contribution in [0, 0.1) is 0 Å². The first-order chi connectivity index (χ1) is 12.2. The molecule has 26 heavy (non-hydrogen) atoms. The Hall–Kier alpha value is -2.42. The zero-order valence-electron chi connectivity index (χ0n) is 14.4. The summed E-state index contributed by atoms with van der Waals surface area (Å²) in [7, 11) is 3.45. The van der Waals surface area contributed by atoms with E-state index in [2.05, 4.69) is 10.6 Å². The highest BCUT2D eigenvalue weighted by Crippen LogP contribution is 2.41. The molecule has 1 aliphatic rings. The number of hydrogen-bond acceptors (Lipinski definition) is 5. The number of carbonyl (C=O) groups excluding carboxylic acids is 1. The van der Waals surface area contributed by atoms with E-state index in [1.54, 1.807) is 6.07 Å². The number of fused-ring (bicyclic) bond motifs is 1. The van der Waals surface area contributed by atoms with Gasteiger partial charge in [-0.05, 0) is 25.1 Å². The zero-order valence-corrected chi connectivity index (χ0v) is 15.2. The van der Waals surface area contributed by atoms with E-state index in [1.165, 1.54) is 12.5 Å². The Morgan fingerprint density at radius 1 is 1.42 bits per heavy atom. The van der Waals surface area contributed by atoms with Crippen molar-refractivity contribution in [1.29, 1.82) is 0 Å². The number of methoxy groups -OCH3 is 1. The fourth-order valence-electron chi connectivity index (χ4n) is 2.89. The molecule has 0 aliphatic carbocycles. The molecule has 0 radical (unpaired) electrons. The molecule has 1 amide bonds. The van der Waals surface area contributed by atoms with E-state index in [1.807, 2.05) is 24.9 Å². The summed E-state index contributed by atoms with van der Waals surface area (Å²) in [4.78, 5) is 13.5. The van der Waals surface area contributed by atoms with E-state index in [0.29, 0.717) is 17.1 Å². The molecule has 1 aromatic carbocycles. The topological polar surface area (TPSA) is 53.6 Å². The summed E-state index contributed by atoms with van der Waals surface area (Å²) >= 11 is 0.506. The molecule has 0 fully saturated rings. The molecule has 0 bridgehead atoms. The van der Waals surface area contributed by atoms with Crippen LogP contribution in [0.15, 0.2) is 23.6 Å². The van der Waals surface area contributed by atoms with Gasteiger partial charge < -0.3 is 20.3 Å². The van der Waals surface area contributed by atoms with E-state index >= 15 is 0 Å². The second-order valence-corrected chi connectivity index (χ2v) is 6.87. The van der Waals surface area contributed by atoms with Crippen LogP contribution in [0.1, 0.15) is 27.7 Å². The molecular weight excluding hydrogens is 367 g/mol. The van der Waals surface area contributed by atoms with E-state index < -0.39 is 17.0 Å². The molecule has 2 heterocycles. The number of carbonyl (C=O) groups is 1. The highest BCUT2D eigenvalue weighted by molar-refractivity contribution is 7.10. The van der Waals surface area contributed by atoms with E-state index in [0.717, 1.165) is 23.0 Å². The van der Waals surface area contributed by atoms with Gasteiger partial charge in [0, 0.05) is 24.5 Å². The Morgan fingerprint density at radius 2 is 2.15 bits per heavy atom. The molecule has 1 aliphatic heterocycles. The lowest BCUT2D eigenvalue weighted by atomic mass is 10.1. The Balaban J connectivity index is 1.81. The van der Waals surface area contributed by atoms with E-state index in [-0.39, 0.29) is 18.3 Å². The monoisotopic (exact) mass is 385 g/mol. The molecule has 5 nitrogen and oxygen atoms in total. The highest BCUT2D eigenvalue weighted by atomic mass is 32.1. The number of ether oxygens (including phenoxy) is 1. The number of rotatable bonds is 4. The Kier molecular flexibility index (Phi) is 4.74. The Morgan fingerprint density at radius 3 is 2.77 bits per heavy atom. The van der Waals surface area contributed by atoms with Gasteiger partial charge in [0.05, 0.1) is 30.2 Å². The summed E-state index contributed by atoms with van der Waals surface area (Å²) in [5.41, 5.74) is 2.58. The predicted octanol–water partition coefficient (Wildman–Crippen LogP) is 3.91. The zero-order chi connectivity index (χ0) is 19.1. The van der Waals surface area contributed by atoms with Gasteiger partial charge in [-0.3, -0.25) is 4.79 Å². The van der Waals surface area contributed by atoms with Crippen molar-refractivity contribution in [2.24, 2.45) is 0 Å². The molecule has 0 saturated carbocycles. The van der Waals surface area contributed by atoms with Gasteiger partial charge in [0.2, 0.25) is 0 Å². The molecule has 0 saturated heterocycles. The molecule has 0 spiro atoms. The number of hydrogen-bond donors (Lipinski definition) is 2. The first-order valence-electron chi connectivity index (χ1n) is 7.85. The molecular formula is C17H18F3N3O2S. The molecule has 2 N–H and O–H groups in total. The summed E-state index contributed by atoms with van der Waals surface area (Å²) < 4.78 is 43.5. The van der Waals surface area contributed by atoms with Gasteiger partial charge in [0.25, 0.3) is 5.91 Å². The maximum atomic E-state index is 12.7. The average molecular weight is 385 g/mol. The second kappa shape index (κ2) is 6.71. The summed E-state index contributed by atoms with van der Waals surface area (Å²) in [5.74, 6) is 0.0474. The molecule has 140 valence electrons. The van der Waals surface area contributed by atoms with Crippen molar-refractivity contribution in [3.63, 3.8) is 0 Å². The van der Waals surface area contributed by atoms with Crippen LogP contribution in [0.4, 0.5) is 24.5 Å². The van der Waals surface area contributed by atoms with Gasteiger partial charge in [-0.2, -0.15) is 13.2 Å². The van der Waals surface area contributed by atoms with Crippen molar-refractivity contribution in [1.82, 2.24) is 5.32 Å². The highest BCUT2D eigenvalue weighted by Gasteiger charge is 2.33. The lowest BCUT2D eigenvalue weighted by molar-refractivity contribution is -0.134. The third kappa shape index (κ3) is 3.31. The van der Waals surface area contributed by atoms with Gasteiger partial charge in [-0.25, -0.2) is 0 Å². The molecule has 1 unspecified atom stereocenters. The smallest absolute Gasteiger partial charge is 0.425 e. The van der Waals surface area contributed by atoms with Crippen LogP contribution in [0.2, 0.25) is 0 Å². The van der Waals surface area contributed by atoms with Crippen molar-refractivity contribution in [3.8, 4) is 5.75 Å². The minimum absolute atomic E-state index is 0.00582. The average Bonchev–Trinajstić information content (AvgIpc) is 3.18. The van der Waals surface area contributed by atoms with E-state index in [4.69, 9.17) is 4.74 Å². The maximum Gasteiger partial charge on any atom is 0.425 e. The summed E-state index contributed by atoms with van der Waals surface area (Å²) in [6.07, 6.45) is -4.37. The molecule has 1 aromatic heterocycles. The van der Waals surface area contributed by atoms with Gasteiger partial charge >= 0.3 is 6.18 Å². The Labute approximate surface area is 152 Å². The molecule has 3 rings (SSSR count). The van der Waals surface area contributed by atoms with Gasteiger partial charge in [-0.1, -0.05) is 0 Å². The SMILES string of the molecule is COc1ccc2c(c1CNC(=O)c1csc(C(F)(F)F)c1)N(C)C(C)N2. The standard InChI is InChI=1S/C17H18F3N3O2S/c1-9-22-12-4-5-13(25-3)11(15(12)23(9)2)7-21-16(24)10-6-14(26-8-10)17(18,19)20/h4-6,8-9,22H,7H2,1-3H3,(H,21,24). The molecule has 2 aromatic rings. The van der Waals surface area contributed by atoms with Gasteiger partial charge in [-0.15, -0.1) is 11.3 Å². The van der Waals surface area contributed by atoms with Crippen molar-refractivity contribution in [3.05, 3.63) is 39.6 Å². The number of benzene rings is 1. The van der Waals surface area contributed by atoms with Crippen LogP contribution in [0.25, 0.3) is 0 Å². The van der Waals surface area contributed by atoms with Crippen molar-refractivity contribution in [2.75, 3.05) is 24.4 Å². The van der Waals surface area contributed by atoms with Crippen LogP contribution < -0.4 is 20.3 Å². The fourth-order valence-corrected chi connectivity index (χ4v) is 3.65. The second-order valence-electron chi connectivity index (χ2n) is 5.95. The number of amides is 1. The summed E-state index contributed by atoms with van der Waals surface area (Å²) in [6, 6.07) is 4.56. The number of anilines is 2. The third-order valence-electron chi connectivity index (χ3n) is 4.32. The lowest BCUT2D eigenvalue weighted by Crippen LogP contribution is -2.30. The molecule has 9 heteroatoms. The fraction of sp³-hybridized carbons (Fsp3) is 0.353. The number of alkyl halides is 3. The normalized spacial score (nSPS) is 16.2. The number of nitrogens with zero attached hydrogens (tertiary/aromatic N) is 1. The third-order valence-corrected chi connectivity index (χ3v) is 5.30. The van der Waals surface area contributed by atoms with Gasteiger partial charge in [0.15, 0.2) is 0 Å². The summed E-state index contributed by atoms with van der Waals surface area (Å²) in [5, 5.41) is 7.21. The Bertz CT molecular complexity index is 835. The largest absolute Gasteiger partial charge is 0.496 e. The minimum Gasteiger partial charge on any atom is -0.496 e. The molecule has 1 atom stereocenters. The van der Waals surface area contributed by atoms with Crippen LogP contribution >= 0.6 is 11.3 Å². The first-order valence-corrected chi connectivity index (χ1v) is 8.73. The first kappa shape index (κ1) is 18.4. The maximum absolute atomic E-state index is 12.7. The van der Waals surface area contributed by atoms with Crippen LogP contribution in [0.5, 0.6) is 5.75 Å². The minimum atomic E-state index is -4.45. The number of halogens is 3. The van der Waals surface area contributed by atoms with Crippen LogP contribution in [-0.4, -0.2) is 26.2 Å². The van der Waals surface area contributed by atoms with Crippen molar-refractivity contribution >= 4 is 28.6 Å². The number of nitrogens with one attached hydrogen (secondary N) is 2. The summed E-state index contributed by atoms with van der Waals surface area (Å²) in [6.45, 7) is 2.14. The van der Waals surface area contributed by atoms with Crippen LogP contribution in [-0.2, 0) is 12.7 Å². The quantitative estimate of drug-likeness (QED) is 0.838. The van der Waals surface area contributed by atoms with Crippen LogP contribution in [0.3, 0.4) is 0 Å². The van der Waals surface area contributed by atoms with Crippen molar-refractivity contribution in [2.45, 2.75) is 25.8 Å². The van der Waals surface area contributed by atoms with Gasteiger partial charge in [0.1, 0.15) is 10.6 Å².